The number of ether oxygens (including phenoxy) is 2. The first kappa shape index (κ1) is 25.8. The lowest BCUT2D eigenvalue weighted by molar-refractivity contribution is -0.139. The Labute approximate surface area is 197 Å². The summed E-state index contributed by atoms with van der Waals surface area (Å²) in [6.45, 7) is 10.5. The highest BCUT2D eigenvalue weighted by molar-refractivity contribution is 6.76. The van der Waals surface area contributed by atoms with E-state index in [9.17, 15) is 18.0 Å². The largest absolute Gasteiger partial charge is 0.488 e. The molecule has 11 heteroatoms. The molecule has 0 atom stereocenters. The van der Waals surface area contributed by atoms with E-state index in [1.54, 1.807) is 36.7 Å². The van der Waals surface area contributed by atoms with Gasteiger partial charge in [-0.3, -0.25) is 9.78 Å². The van der Waals surface area contributed by atoms with Gasteiger partial charge in [-0.1, -0.05) is 19.6 Å². The molecule has 0 amide bonds. The second-order valence-electron chi connectivity index (χ2n) is 9.71. The maximum atomic E-state index is 13.8. The molecule has 0 aliphatic rings. The van der Waals surface area contributed by atoms with Crippen LogP contribution in [0.2, 0.25) is 25.7 Å². The number of fused-ring (bicyclic) bond motifs is 1. The Hall–Kier alpha value is -2.79. The molecule has 0 aliphatic carbocycles. The van der Waals surface area contributed by atoms with Crippen molar-refractivity contribution in [3.63, 3.8) is 0 Å². The Morgan fingerprint density at radius 1 is 1.24 bits per heavy atom. The SMILES string of the molecule is CC(C)Oc1c(C(F)(F)F)cnc2cc(Cn3cccc(N)c3=O)n(COCC[Si](C)(C)C)c12. The van der Waals surface area contributed by atoms with Crippen molar-refractivity contribution in [1.29, 1.82) is 0 Å². The van der Waals surface area contributed by atoms with Crippen LogP contribution in [0.3, 0.4) is 0 Å². The van der Waals surface area contributed by atoms with Gasteiger partial charge >= 0.3 is 6.18 Å². The molecule has 0 fully saturated rings. The molecule has 0 aliphatic heterocycles. The van der Waals surface area contributed by atoms with Crippen molar-refractivity contribution in [2.75, 3.05) is 12.3 Å². The average Bonchev–Trinajstić information content (AvgIpc) is 3.04. The van der Waals surface area contributed by atoms with Crippen molar-refractivity contribution < 1.29 is 22.6 Å². The molecule has 0 saturated carbocycles. The molecule has 0 radical (unpaired) electrons. The van der Waals surface area contributed by atoms with Crippen LogP contribution in [0.15, 0.2) is 35.4 Å². The molecule has 0 aromatic carbocycles. The number of aromatic nitrogens is 3. The summed E-state index contributed by atoms with van der Waals surface area (Å²) in [5.41, 5.74) is 5.55. The standard InChI is InChI=1S/C23H31F3N4O3Si/c1-15(2)33-21-17(23(24,25)26)12-28-19-11-16(13-29-8-6-7-18(27)22(29)31)30(20(19)21)14-32-9-10-34(3,4)5/h6-8,11-12,15H,9-10,13-14,27H2,1-5H3. The van der Waals surface area contributed by atoms with E-state index in [-0.39, 0.29) is 35.8 Å². The lowest BCUT2D eigenvalue weighted by Crippen LogP contribution is -2.24. The Bertz CT molecular complexity index is 1210. The molecule has 7 nitrogen and oxygen atoms in total. The van der Waals surface area contributed by atoms with Crippen LogP contribution < -0.4 is 16.0 Å². The maximum absolute atomic E-state index is 13.8. The number of pyridine rings is 2. The molecular formula is C23H31F3N4O3Si. The van der Waals surface area contributed by atoms with Crippen LogP contribution in [-0.4, -0.2) is 34.9 Å². The summed E-state index contributed by atoms with van der Waals surface area (Å²) in [6.07, 6.45) is -2.79. The molecule has 0 bridgehead atoms. The molecule has 0 saturated heterocycles. The van der Waals surface area contributed by atoms with Crippen molar-refractivity contribution >= 4 is 24.8 Å². The third kappa shape index (κ3) is 6.01. The van der Waals surface area contributed by atoms with Crippen LogP contribution >= 0.6 is 0 Å². The van der Waals surface area contributed by atoms with Crippen LogP contribution in [0.4, 0.5) is 18.9 Å². The monoisotopic (exact) mass is 496 g/mol. The minimum atomic E-state index is -4.65. The Kier molecular flexibility index (Phi) is 7.46. The number of halogens is 3. The van der Waals surface area contributed by atoms with Gasteiger partial charge in [-0.05, 0) is 38.1 Å². The molecule has 186 valence electrons. The van der Waals surface area contributed by atoms with E-state index in [1.807, 2.05) is 0 Å². The lowest BCUT2D eigenvalue weighted by Gasteiger charge is -2.20. The molecule has 3 aromatic heterocycles. The third-order valence-electron chi connectivity index (χ3n) is 5.21. The Morgan fingerprint density at radius 2 is 1.94 bits per heavy atom. The van der Waals surface area contributed by atoms with E-state index in [0.717, 1.165) is 12.2 Å². The lowest BCUT2D eigenvalue weighted by atomic mass is 10.2. The molecular weight excluding hydrogens is 465 g/mol. The molecule has 3 rings (SSSR count). The van der Waals surface area contributed by atoms with E-state index in [4.69, 9.17) is 15.2 Å². The predicted octanol–water partition coefficient (Wildman–Crippen LogP) is 4.95. The number of hydrogen-bond acceptors (Lipinski definition) is 5. The van der Waals surface area contributed by atoms with Crippen molar-refractivity contribution in [3.8, 4) is 5.75 Å². The van der Waals surface area contributed by atoms with Gasteiger partial charge in [-0.15, -0.1) is 0 Å². The number of hydrogen-bond donors (Lipinski definition) is 1. The Morgan fingerprint density at radius 3 is 2.56 bits per heavy atom. The minimum Gasteiger partial charge on any atom is -0.488 e. The molecule has 0 spiro atoms. The smallest absolute Gasteiger partial charge is 0.421 e. The molecule has 2 N–H and O–H groups in total. The first-order valence-electron chi connectivity index (χ1n) is 11.1. The van der Waals surface area contributed by atoms with Gasteiger partial charge in [-0.2, -0.15) is 13.2 Å². The maximum Gasteiger partial charge on any atom is 0.421 e. The molecule has 3 heterocycles. The zero-order chi connectivity index (χ0) is 25.3. The third-order valence-corrected chi connectivity index (χ3v) is 6.92. The van der Waals surface area contributed by atoms with Crippen molar-refractivity contribution in [2.45, 2.75) is 65.1 Å². The number of alkyl halides is 3. The van der Waals surface area contributed by atoms with Gasteiger partial charge in [0.1, 0.15) is 17.8 Å². The summed E-state index contributed by atoms with van der Waals surface area (Å²) in [5.74, 6) is -0.299. The number of nitrogens with two attached hydrogens (primary N) is 1. The summed E-state index contributed by atoms with van der Waals surface area (Å²) in [4.78, 5) is 16.5. The fourth-order valence-corrected chi connectivity index (χ4v) is 4.22. The molecule has 0 unspecified atom stereocenters. The van der Waals surface area contributed by atoms with Gasteiger partial charge in [0.2, 0.25) is 0 Å². The summed E-state index contributed by atoms with van der Waals surface area (Å²) in [7, 11) is -1.37. The van der Waals surface area contributed by atoms with E-state index in [0.29, 0.717) is 17.8 Å². The molecule has 34 heavy (non-hydrogen) atoms. The van der Waals surface area contributed by atoms with Crippen LogP contribution in [0.5, 0.6) is 5.75 Å². The Balaban J connectivity index is 2.15. The first-order chi connectivity index (χ1) is 15.8. The van der Waals surface area contributed by atoms with E-state index in [1.165, 1.54) is 10.6 Å². The second-order valence-corrected chi connectivity index (χ2v) is 15.3. The van der Waals surface area contributed by atoms with Crippen molar-refractivity contribution in [2.24, 2.45) is 0 Å². The van der Waals surface area contributed by atoms with E-state index < -0.39 is 25.9 Å². The fraction of sp³-hybridized carbons (Fsp3) is 0.478. The highest BCUT2D eigenvalue weighted by atomic mass is 28.3. The van der Waals surface area contributed by atoms with Crippen LogP contribution in [0.25, 0.3) is 11.0 Å². The van der Waals surface area contributed by atoms with Gasteiger partial charge in [0.25, 0.3) is 5.56 Å². The van der Waals surface area contributed by atoms with Crippen LogP contribution in [0, 0.1) is 0 Å². The number of anilines is 1. The van der Waals surface area contributed by atoms with Crippen LogP contribution in [0.1, 0.15) is 25.1 Å². The minimum absolute atomic E-state index is 0.00216. The number of nitrogens with zero attached hydrogens (tertiary/aromatic N) is 3. The second kappa shape index (κ2) is 9.83. The fourth-order valence-electron chi connectivity index (χ4n) is 3.47. The van der Waals surface area contributed by atoms with E-state index in [2.05, 4.69) is 24.6 Å². The van der Waals surface area contributed by atoms with Gasteiger partial charge in [0.15, 0.2) is 5.75 Å². The normalized spacial score (nSPS) is 12.6. The zero-order valence-corrected chi connectivity index (χ0v) is 21.1. The van der Waals surface area contributed by atoms with Crippen LogP contribution in [-0.2, 0) is 24.2 Å². The molecule has 3 aromatic rings. The first-order valence-corrected chi connectivity index (χ1v) is 14.8. The average molecular weight is 497 g/mol. The topological polar surface area (TPSA) is 84.3 Å². The summed E-state index contributed by atoms with van der Waals surface area (Å²) >= 11 is 0. The summed E-state index contributed by atoms with van der Waals surface area (Å²) in [5, 5.41) is 0. The van der Waals surface area contributed by atoms with Gasteiger partial charge in [0.05, 0.1) is 23.9 Å². The van der Waals surface area contributed by atoms with E-state index >= 15 is 0 Å². The zero-order valence-electron chi connectivity index (χ0n) is 20.1. The van der Waals surface area contributed by atoms with Crippen molar-refractivity contribution in [3.05, 3.63) is 52.2 Å². The highest BCUT2D eigenvalue weighted by Crippen LogP contribution is 2.41. The highest BCUT2D eigenvalue weighted by Gasteiger charge is 2.37. The quantitative estimate of drug-likeness (QED) is 0.335. The van der Waals surface area contributed by atoms with Gasteiger partial charge in [0, 0.05) is 32.8 Å². The number of rotatable bonds is 9. The summed E-state index contributed by atoms with van der Waals surface area (Å²) in [6, 6.07) is 5.69. The number of nitrogen functional groups attached to an aromatic ring is 1. The van der Waals surface area contributed by atoms with Gasteiger partial charge in [-0.25, -0.2) is 0 Å². The van der Waals surface area contributed by atoms with Gasteiger partial charge < -0.3 is 24.3 Å². The summed E-state index contributed by atoms with van der Waals surface area (Å²) < 4.78 is 56.1. The van der Waals surface area contributed by atoms with Crippen molar-refractivity contribution in [1.82, 2.24) is 14.1 Å². The predicted molar refractivity (Wildman–Crippen MR) is 129 cm³/mol.